The first-order valence-electron chi connectivity index (χ1n) is 8.55. The molecule has 3 rings (SSSR count). The number of urea groups is 1. The van der Waals surface area contributed by atoms with Crippen molar-refractivity contribution in [1.29, 1.82) is 16.2 Å². The van der Waals surface area contributed by atoms with E-state index in [0.29, 0.717) is 18.3 Å². The minimum Gasteiger partial charge on any atom is -0.335 e. The van der Waals surface area contributed by atoms with Gasteiger partial charge < -0.3 is 16.1 Å². The van der Waals surface area contributed by atoms with Gasteiger partial charge in [0, 0.05) is 24.9 Å². The molecule has 1 unspecified atom stereocenters. The zero-order chi connectivity index (χ0) is 18.1. The third-order valence-corrected chi connectivity index (χ3v) is 4.40. The van der Waals surface area contributed by atoms with E-state index in [2.05, 4.69) is 5.32 Å². The lowest BCUT2D eigenvalue weighted by Crippen LogP contribution is -2.48. The van der Waals surface area contributed by atoms with E-state index in [1.807, 2.05) is 30.3 Å². The number of amides is 2. The second-order valence-corrected chi connectivity index (χ2v) is 6.08. The number of carbonyl (C=O) groups excluding carboxylic acids is 1. The van der Waals surface area contributed by atoms with Crippen molar-refractivity contribution in [2.24, 2.45) is 0 Å². The first-order chi connectivity index (χ1) is 12.2. The number of likely N-dealkylation sites (tertiary alicyclic amines) is 1. The van der Waals surface area contributed by atoms with Crippen LogP contribution in [0.1, 0.15) is 43.7 Å². The Balaban J connectivity index is 0.000000326. The standard InChI is InChI=1S/C15H19N3O.C4H6N2/c16-14-10-9-13(11-5-2-1-3-6-11)18(14)15(19)17-12-7-4-8-12;5-3-1-2-4-6/h1-3,5-6,12-13,16H,4,7-10H2,(H,17,19);1-6H/b;2-1-,5-3?,6-4?. The predicted molar refractivity (Wildman–Crippen MR) is 101 cm³/mol. The van der Waals surface area contributed by atoms with E-state index in [9.17, 15) is 4.79 Å². The lowest BCUT2D eigenvalue weighted by atomic mass is 9.93. The second-order valence-electron chi connectivity index (χ2n) is 6.08. The number of carbonyl (C=O) groups is 1. The van der Waals surface area contributed by atoms with Crippen molar-refractivity contribution < 1.29 is 4.79 Å². The number of nitrogens with zero attached hydrogens (tertiary/aromatic N) is 1. The second kappa shape index (κ2) is 9.52. The molecule has 1 aromatic rings. The van der Waals surface area contributed by atoms with Gasteiger partial charge in [-0.15, -0.1) is 0 Å². The number of benzene rings is 1. The Morgan fingerprint density at radius 2 is 1.72 bits per heavy atom. The first kappa shape index (κ1) is 18.6. The van der Waals surface area contributed by atoms with Gasteiger partial charge >= 0.3 is 6.03 Å². The Bertz CT molecular complexity index is 626. The molecule has 0 aromatic heterocycles. The Hall–Kier alpha value is -2.76. The van der Waals surface area contributed by atoms with Crippen molar-refractivity contribution in [3.8, 4) is 0 Å². The highest BCUT2D eigenvalue weighted by atomic mass is 16.2. The summed E-state index contributed by atoms with van der Waals surface area (Å²) in [5.41, 5.74) is 1.12. The molecule has 1 saturated heterocycles. The number of amidine groups is 1. The van der Waals surface area contributed by atoms with Gasteiger partial charge in [0.05, 0.1) is 6.04 Å². The van der Waals surface area contributed by atoms with Crippen LogP contribution >= 0.6 is 0 Å². The highest BCUT2D eigenvalue weighted by Gasteiger charge is 2.35. The van der Waals surface area contributed by atoms with Gasteiger partial charge in [0.1, 0.15) is 5.84 Å². The Morgan fingerprint density at radius 3 is 2.24 bits per heavy atom. The van der Waals surface area contributed by atoms with Gasteiger partial charge in [0.25, 0.3) is 0 Å². The summed E-state index contributed by atoms with van der Waals surface area (Å²) in [5, 5.41) is 23.8. The quantitative estimate of drug-likeness (QED) is 0.614. The van der Waals surface area contributed by atoms with E-state index in [-0.39, 0.29) is 12.1 Å². The highest BCUT2D eigenvalue weighted by molar-refractivity contribution is 5.98. The monoisotopic (exact) mass is 339 g/mol. The fraction of sp³-hybridized carbons (Fsp3) is 0.368. The van der Waals surface area contributed by atoms with Gasteiger partial charge in [-0.2, -0.15) is 0 Å². The zero-order valence-corrected chi connectivity index (χ0v) is 14.2. The molecule has 4 N–H and O–H groups in total. The predicted octanol–water partition coefficient (Wildman–Crippen LogP) is 3.90. The molecule has 6 heteroatoms. The van der Waals surface area contributed by atoms with E-state index in [0.717, 1.165) is 37.3 Å². The minimum atomic E-state index is -0.0962. The van der Waals surface area contributed by atoms with E-state index in [1.54, 1.807) is 4.90 Å². The van der Waals surface area contributed by atoms with Gasteiger partial charge in [-0.1, -0.05) is 30.3 Å². The molecule has 2 fully saturated rings. The Morgan fingerprint density at radius 1 is 1.08 bits per heavy atom. The molecule has 1 atom stereocenters. The van der Waals surface area contributed by atoms with Gasteiger partial charge in [-0.05, 0) is 43.4 Å². The van der Waals surface area contributed by atoms with Gasteiger partial charge in [-0.3, -0.25) is 10.3 Å². The van der Waals surface area contributed by atoms with Crippen LogP contribution in [0.3, 0.4) is 0 Å². The Kier molecular flexibility index (Phi) is 7.07. The molecule has 25 heavy (non-hydrogen) atoms. The van der Waals surface area contributed by atoms with Crippen LogP contribution < -0.4 is 5.32 Å². The van der Waals surface area contributed by atoms with Crippen LogP contribution in [0.2, 0.25) is 0 Å². The highest BCUT2D eigenvalue weighted by Crippen LogP contribution is 2.33. The lowest BCUT2D eigenvalue weighted by Gasteiger charge is -2.31. The molecular formula is C19H25N5O. The molecule has 132 valence electrons. The molecule has 6 nitrogen and oxygen atoms in total. The smallest absolute Gasteiger partial charge is 0.323 e. The third kappa shape index (κ3) is 5.11. The van der Waals surface area contributed by atoms with Crippen LogP contribution in [-0.4, -0.2) is 35.2 Å². The van der Waals surface area contributed by atoms with E-state index in [1.165, 1.54) is 18.6 Å². The summed E-state index contributed by atoms with van der Waals surface area (Å²) in [4.78, 5) is 13.9. The largest absolute Gasteiger partial charge is 0.335 e. The summed E-state index contributed by atoms with van der Waals surface area (Å²) in [5.74, 6) is 0.436. The fourth-order valence-corrected chi connectivity index (χ4v) is 2.87. The van der Waals surface area contributed by atoms with Crippen molar-refractivity contribution in [2.45, 2.75) is 44.2 Å². The van der Waals surface area contributed by atoms with Gasteiger partial charge in [-0.25, -0.2) is 4.79 Å². The summed E-state index contributed by atoms with van der Waals surface area (Å²) < 4.78 is 0. The van der Waals surface area contributed by atoms with E-state index >= 15 is 0 Å². The summed E-state index contributed by atoms with van der Waals surface area (Å²) in [6.45, 7) is 0. The van der Waals surface area contributed by atoms with Crippen LogP contribution in [0.15, 0.2) is 42.5 Å². The topological polar surface area (TPSA) is 104 Å². The molecule has 0 spiro atoms. The zero-order valence-electron chi connectivity index (χ0n) is 14.2. The molecule has 1 aromatic carbocycles. The maximum absolute atomic E-state index is 12.3. The number of hydrogen-bond donors (Lipinski definition) is 4. The van der Waals surface area contributed by atoms with Crippen LogP contribution in [-0.2, 0) is 0 Å². The SMILES string of the molecule is N=C/C=C\C=N.N=C1CCC(c2ccccc2)N1C(=O)NC1CCC1. The van der Waals surface area contributed by atoms with E-state index in [4.69, 9.17) is 16.2 Å². The normalized spacial score (nSPS) is 19.8. The van der Waals surface area contributed by atoms with Gasteiger partial charge in [0.15, 0.2) is 0 Å². The van der Waals surface area contributed by atoms with Crippen molar-refractivity contribution >= 4 is 24.3 Å². The van der Waals surface area contributed by atoms with Gasteiger partial charge in [0.2, 0.25) is 0 Å². The average Bonchev–Trinajstić information content (AvgIpc) is 2.99. The molecule has 2 amide bonds. The van der Waals surface area contributed by atoms with E-state index < -0.39 is 0 Å². The number of nitrogens with one attached hydrogen (secondary N) is 4. The summed E-state index contributed by atoms with van der Waals surface area (Å²) in [7, 11) is 0. The average molecular weight is 339 g/mol. The van der Waals surface area contributed by atoms with Crippen molar-refractivity contribution in [3.63, 3.8) is 0 Å². The van der Waals surface area contributed by atoms with Crippen molar-refractivity contribution in [2.75, 3.05) is 0 Å². The molecule has 1 aliphatic carbocycles. The van der Waals surface area contributed by atoms with Crippen LogP contribution in [0.25, 0.3) is 0 Å². The van der Waals surface area contributed by atoms with Crippen molar-refractivity contribution in [3.05, 3.63) is 48.0 Å². The van der Waals surface area contributed by atoms with Crippen LogP contribution in [0.5, 0.6) is 0 Å². The van der Waals surface area contributed by atoms with Crippen LogP contribution in [0.4, 0.5) is 4.79 Å². The molecule has 0 bridgehead atoms. The molecule has 1 heterocycles. The Labute approximate surface area is 148 Å². The maximum Gasteiger partial charge on any atom is 0.323 e. The molecule has 1 aliphatic heterocycles. The summed E-state index contributed by atoms with van der Waals surface area (Å²) in [6, 6.07) is 10.3. The number of hydrogen-bond acceptors (Lipinski definition) is 4. The van der Waals surface area contributed by atoms with Crippen molar-refractivity contribution in [1.82, 2.24) is 10.2 Å². The summed E-state index contributed by atoms with van der Waals surface area (Å²) >= 11 is 0. The molecule has 2 aliphatic rings. The minimum absolute atomic E-state index is 0.0220. The third-order valence-electron chi connectivity index (χ3n) is 4.40. The summed E-state index contributed by atoms with van der Waals surface area (Å²) in [6.07, 6.45) is 10.1. The van der Waals surface area contributed by atoms with Crippen LogP contribution in [0, 0.1) is 16.2 Å². The molecular weight excluding hydrogens is 314 g/mol. The molecule has 0 radical (unpaired) electrons. The molecule has 1 saturated carbocycles. The fourth-order valence-electron chi connectivity index (χ4n) is 2.87. The number of allylic oxidation sites excluding steroid dienone is 2. The lowest BCUT2D eigenvalue weighted by molar-refractivity contribution is 0.200. The first-order valence-corrected chi connectivity index (χ1v) is 8.55. The number of rotatable bonds is 4. The maximum atomic E-state index is 12.3.